The van der Waals surface area contributed by atoms with Gasteiger partial charge in [-0.05, 0) is 52.9 Å². The molecule has 2 rings (SSSR count). The maximum Gasteiger partial charge on any atom is 0.326 e. The number of rotatable bonds is 4. The molecule has 0 spiro atoms. The lowest BCUT2D eigenvalue weighted by molar-refractivity contribution is -0.139. The Kier molecular flexibility index (Phi) is 3.56. The van der Waals surface area contributed by atoms with E-state index in [9.17, 15) is 9.59 Å². The second kappa shape index (κ2) is 4.97. The molecule has 1 atom stereocenters. The van der Waals surface area contributed by atoms with E-state index in [1.165, 1.54) is 6.07 Å². The number of anilines is 1. The van der Waals surface area contributed by atoms with E-state index in [4.69, 9.17) is 10.8 Å². The molecule has 0 saturated heterocycles. The van der Waals surface area contributed by atoms with Crippen LogP contribution in [0.25, 0.3) is 0 Å². The smallest absolute Gasteiger partial charge is 0.326 e. The van der Waals surface area contributed by atoms with Crippen molar-refractivity contribution in [2.45, 2.75) is 18.9 Å². The van der Waals surface area contributed by atoms with E-state index >= 15 is 0 Å². The van der Waals surface area contributed by atoms with Crippen LogP contribution >= 0.6 is 15.9 Å². The highest BCUT2D eigenvalue weighted by molar-refractivity contribution is 9.10. The number of nitrogens with one attached hydrogen (secondary N) is 1. The Bertz CT molecular complexity index is 500. The first-order chi connectivity index (χ1) is 8.49. The van der Waals surface area contributed by atoms with Gasteiger partial charge >= 0.3 is 5.97 Å². The molecular weight excluding hydrogens is 300 g/mol. The molecule has 0 aliphatic heterocycles. The van der Waals surface area contributed by atoms with Crippen LogP contribution in [0.15, 0.2) is 22.7 Å². The highest BCUT2D eigenvalue weighted by atomic mass is 79.9. The number of halogens is 1. The number of carboxylic acid groups (broad SMARTS) is 1. The Morgan fingerprint density at radius 1 is 1.44 bits per heavy atom. The number of aliphatic carboxylic acids is 1. The van der Waals surface area contributed by atoms with E-state index < -0.39 is 17.9 Å². The minimum Gasteiger partial charge on any atom is -0.480 e. The Labute approximate surface area is 112 Å². The number of carbonyl (C=O) groups excluding carboxylic acids is 1. The monoisotopic (exact) mass is 312 g/mol. The lowest BCUT2D eigenvalue weighted by atomic mass is 10.1. The van der Waals surface area contributed by atoms with Crippen molar-refractivity contribution in [3.63, 3.8) is 0 Å². The van der Waals surface area contributed by atoms with Gasteiger partial charge in [-0.3, -0.25) is 4.79 Å². The van der Waals surface area contributed by atoms with Crippen LogP contribution in [0, 0.1) is 5.92 Å². The minimum atomic E-state index is -0.995. The summed E-state index contributed by atoms with van der Waals surface area (Å²) in [5, 5.41) is 11.6. The predicted octanol–water partition coefficient (Wildman–Crippen LogP) is 1.62. The zero-order valence-corrected chi connectivity index (χ0v) is 11.1. The summed E-state index contributed by atoms with van der Waals surface area (Å²) >= 11 is 3.25. The van der Waals surface area contributed by atoms with E-state index in [-0.39, 0.29) is 5.92 Å². The summed E-state index contributed by atoms with van der Waals surface area (Å²) < 4.78 is 0.592. The van der Waals surface area contributed by atoms with Crippen LogP contribution in [0.5, 0.6) is 0 Å². The number of hydrogen-bond donors (Lipinski definition) is 3. The van der Waals surface area contributed by atoms with Gasteiger partial charge in [0.05, 0.1) is 5.56 Å². The zero-order valence-electron chi connectivity index (χ0n) is 9.52. The highest BCUT2D eigenvalue weighted by Crippen LogP contribution is 2.33. The average molecular weight is 313 g/mol. The number of carbonyl (C=O) groups is 2. The van der Waals surface area contributed by atoms with E-state index in [1.54, 1.807) is 12.1 Å². The molecule has 0 aromatic heterocycles. The summed E-state index contributed by atoms with van der Waals surface area (Å²) in [5.41, 5.74) is 6.42. The third kappa shape index (κ3) is 2.81. The lowest BCUT2D eigenvalue weighted by Gasteiger charge is -2.14. The number of carboxylic acids is 1. The van der Waals surface area contributed by atoms with Crippen LogP contribution < -0.4 is 11.1 Å². The van der Waals surface area contributed by atoms with Crippen LogP contribution in [-0.2, 0) is 4.79 Å². The predicted molar refractivity (Wildman–Crippen MR) is 70.2 cm³/mol. The van der Waals surface area contributed by atoms with E-state index in [2.05, 4.69) is 21.2 Å². The van der Waals surface area contributed by atoms with Crippen molar-refractivity contribution in [1.82, 2.24) is 5.32 Å². The van der Waals surface area contributed by atoms with Crippen molar-refractivity contribution < 1.29 is 14.7 Å². The molecule has 0 heterocycles. The van der Waals surface area contributed by atoms with E-state index in [0.29, 0.717) is 15.7 Å². The van der Waals surface area contributed by atoms with E-state index in [0.717, 1.165) is 12.8 Å². The summed E-state index contributed by atoms with van der Waals surface area (Å²) in [6.45, 7) is 0. The summed E-state index contributed by atoms with van der Waals surface area (Å²) in [7, 11) is 0. The van der Waals surface area contributed by atoms with Crippen LogP contribution in [0.1, 0.15) is 23.2 Å². The quantitative estimate of drug-likeness (QED) is 0.737. The zero-order chi connectivity index (χ0) is 13.3. The maximum absolute atomic E-state index is 12.0. The number of benzene rings is 1. The standard InChI is InChI=1S/C12H13BrN2O3/c13-9-4-3-7(14)5-8(9)11(16)15-10(12(17)18)6-1-2-6/h3-6,10H,1-2,14H2,(H,15,16)(H,17,18). The average Bonchev–Trinajstić information content (AvgIpc) is 3.12. The largest absolute Gasteiger partial charge is 0.480 e. The van der Waals surface area contributed by atoms with Gasteiger partial charge in [-0.1, -0.05) is 0 Å². The van der Waals surface area contributed by atoms with Gasteiger partial charge in [-0.15, -0.1) is 0 Å². The molecule has 0 bridgehead atoms. The normalized spacial score (nSPS) is 16.1. The van der Waals surface area contributed by atoms with Crippen LogP contribution in [0.4, 0.5) is 5.69 Å². The molecular formula is C12H13BrN2O3. The first-order valence-corrected chi connectivity index (χ1v) is 6.37. The fourth-order valence-corrected chi connectivity index (χ4v) is 2.17. The number of amides is 1. The molecule has 1 aliphatic carbocycles. The molecule has 18 heavy (non-hydrogen) atoms. The van der Waals surface area contributed by atoms with Crippen molar-refractivity contribution in [1.29, 1.82) is 0 Å². The van der Waals surface area contributed by atoms with Gasteiger partial charge in [0.25, 0.3) is 5.91 Å². The van der Waals surface area contributed by atoms with Crippen LogP contribution in [-0.4, -0.2) is 23.0 Å². The maximum atomic E-state index is 12.0. The SMILES string of the molecule is Nc1ccc(Br)c(C(=O)NC(C(=O)O)C2CC2)c1. The molecule has 1 amide bonds. The van der Waals surface area contributed by atoms with E-state index in [1.807, 2.05) is 0 Å². The highest BCUT2D eigenvalue weighted by Gasteiger charge is 2.37. The molecule has 5 nitrogen and oxygen atoms in total. The van der Waals surface area contributed by atoms with Crippen LogP contribution in [0.3, 0.4) is 0 Å². The van der Waals surface area contributed by atoms with Gasteiger partial charge in [0.1, 0.15) is 6.04 Å². The molecule has 1 aromatic carbocycles. The summed E-state index contributed by atoms with van der Waals surface area (Å²) in [5.74, 6) is -1.37. The van der Waals surface area contributed by atoms with Crippen LogP contribution in [0.2, 0.25) is 0 Å². The van der Waals surface area contributed by atoms with Crippen molar-refractivity contribution in [2.24, 2.45) is 5.92 Å². The van der Waals surface area contributed by atoms with Crippen molar-refractivity contribution in [3.8, 4) is 0 Å². The first-order valence-electron chi connectivity index (χ1n) is 5.57. The van der Waals surface area contributed by atoms with Gasteiger partial charge in [0, 0.05) is 10.2 Å². The molecule has 1 saturated carbocycles. The Balaban J connectivity index is 2.15. The summed E-state index contributed by atoms with van der Waals surface area (Å²) in [6, 6.07) is 4.03. The second-order valence-corrected chi connectivity index (χ2v) is 5.22. The Morgan fingerprint density at radius 3 is 2.67 bits per heavy atom. The molecule has 1 aliphatic rings. The molecule has 1 unspecified atom stereocenters. The summed E-state index contributed by atoms with van der Waals surface area (Å²) in [6.07, 6.45) is 1.69. The molecule has 4 N–H and O–H groups in total. The fraction of sp³-hybridized carbons (Fsp3) is 0.333. The number of nitrogens with two attached hydrogens (primary N) is 1. The minimum absolute atomic E-state index is 0.0475. The molecule has 6 heteroatoms. The fourth-order valence-electron chi connectivity index (χ4n) is 1.75. The van der Waals surface area contributed by atoms with Gasteiger partial charge in [-0.2, -0.15) is 0 Å². The second-order valence-electron chi connectivity index (χ2n) is 4.37. The molecule has 1 aromatic rings. The van der Waals surface area contributed by atoms with Gasteiger partial charge in [0.15, 0.2) is 0 Å². The third-order valence-corrected chi connectivity index (χ3v) is 3.57. The summed E-state index contributed by atoms with van der Waals surface area (Å²) in [4.78, 5) is 23.1. The Morgan fingerprint density at radius 2 is 2.11 bits per heavy atom. The molecule has 0 radical (unpaired) electrons. The topological polar surface area (TPSA) is 92.4 Å². The van der Waals surface area contributed by atoms with Gasteiger partial charge < -0.3 is 16.2 Å². The van der Waals surface area contributed by atoms with Crippen molar-refractivity contribution in [3.05, 3.63) is 28.2 Å². The van der Waals surface area contributed by atoms with Gasteiger partial charge in [-0.25, -0.2) is 4.79 Å². The van der Waals surface area contributed by atoms with Gasteiger partial charge in [0.2, 0.25) is 0 Å². The van der Waals surface area contributed by atoms with Crippen molar-refractivity contribution >= 4 is 33.5 Å². The Hall–Kier alpha value is -1.56. The number of hydrogen-bond acceptors (Lipinski definition) is 3. The first kappa shape index (κ1) is 12.9. The third-order valence-electron chi connectivity index (χ3n) is 2.88. The molecule has 96 valence electrons. The number of nitrogen functional groups attached to an aromatic ring is 1. The lowest BCUT2D eigenvalue weighted by Crippen LogP contribution is -2.42. The van der Waals surface area contributed by atoms with Crippen molar-refractivity contribution in [2.75, 3.05) is 5.73 Å². The molecule has 1 fully saturated rings.